The number of nitrogens with one attached hydrogen (secondary N) is 1. The first-order valence-electron chi connectivity index (χ1n) is 13.9. The number of aromatic nitrogens is 2. The number of rotatable bonds is 8. The topological polar surface area (TPSA) is 93.4 Å². The Morgan fingerprint density at radius 1 is 1.00 bits per heavy atom. The van der Waals surface area contributed by atoms with Gasteiger partial charge in [-0.15, -0.1) is 0 Å². The van der Waals surface area contributed by atoms with Crippen molar-refractivity contribution in [2.75, 3.05) is 18.4 Å². The van der Waals surface area contributed by atoms with Gasteiger partial charge in [0.1, 0.15) is 11.4 Å². The molecule has 4 aromatic rings. The number of benzene rings is 2. The lowest BCUT2D eigenvalue weighted by molar-refractivity contribution is 0.102. The first-order chi connectivity index (χ1) is 19.3. The van der Waals surface area contributed by atoms with Crippen LogP contribution in [0, 0.1) is 6.92 Å². The molecular formula is C33H37N5O2. The Hall–Kier alpha value is -4.07. The normalized spacial score (nSPS) is 15.7. The zero-order valence-corrected chi connectivity index (χ0v) is 23.4. The first kappa shape index (κ1) is 27.5. The Labute approximate surface area is 236 Å². The van der Waals surface area contributed by atoms with Crippen LogP contribution in [0.15, 0.2) is 79.1 Å². The number of nitrogens with zero attached hydrogens (tertiary/aromatic N) is 3. The zero-order valence-electron chi connectivity index (χ0n) is 23.4. The lowest BCUT2D eigenvalue weighted by Crippen LogP contribution is -2.42. The lowest BCUT2D eigenvalue weighted by Gasteiger charge is -2.30. The quantitative estimate of drug-likeness (QED) is 0.284. The molecule has 0 bridgehead atoms. The molecule has 3 N–H and O–H groups in total. The zero-order chi connectivity index (χ0) is 28.1. The molecule has 1 saturated heterocycles. The smallest absolute Gasteiger partial charge is 0.274 e. The molecule has 1 fully saturated rings. The average molecular weight is 536 g/mol. The van der Waals surface area contributed by atoms with E-state index in [0.29, 0.717) is 5.69 Å². The Balaban J connectivity index is 1.38. The lowest BCUT2D eigenvalue weighted by atomic mass is 10.0. The summed E-state index contributed by atoms with van der Waals surface area (Å²) in [4.78, 5) is 24.6. The minimum Gasteiger partial charge on any atom is -0.491 e. The van der Waals surface area contributed by atoms with Crippen molar-refractivity contribution >= 4 is 11.6 Å². The summed E-state index contributed by atoms with van der Waals surface area (Å²) in [5.74, 6) is 0.559. The summed E-state index contributed by atoms with van der Waals surface area (Å²) in [6.45, 7) is 8.64. The molecule has 0 saturated carbocycles. The summed E-state index contributed by atoms with van der Waals surface area (Å²) in [5.41, 5.74) is 13.3. The van der Waals surface area contributed by atoms with Crippen LogP contribution in [0.25, 0.3) is 22.3 Å². The summed E-state index contributed by atoms with van der Waals surface area (Å²) in [6.07, 6.45) is 5.82. The maximum absolute atomic E-state index is 13.4. The summed E-state index contributed by atoms with van der Waals surface area (Å²) in [5, 5.41) is 3.09. The van der Waals surface area contributed by atoms with E-state index in [2.05, 4.69) is 32.3 Å². The highest BCUT2D eigenvalue weighted by Crippen LogP contribution is 2.27. The number of likely N-dealkylation sites (tertiary alicyclic amines) is 1. The Morgan fingerprint density at radius 3 is 2.52 bits per heavy atom. The molecule has 2 aromatic heterocycles. The molecule has 1 aliphatic heterocycles. The van der Waals surface area contributed by atoms with Gasteiger partial charge in [-0.1, -0.05) is 18.2 Å². The molecule has 5 rings (SSSR count). The van der Waals surface area contributed by atoms with Crippen LogP contribution in [0.1, 0.15) is 48.4 Å². The maximum atomic E-state index is 13.4. The largest absolute Gasteiger partial charge is 0.491 e. The van der Waals surface area contributed by atoms with E-state index in [0.717, 1.165) is 77.4 Å². The molecule has 3 heterocycles. The second-order valence-corrected chi connectivity index (χ2v) is 10.8. The van der Waals surface area contributed by atoms with Crippen molar-refractivity contribution < 1.29 is 9.53 Å². The minimum absolute atomic E-state index is 0.112. The van der Waals surface area contributed by atoms with Crippen molar-refractivity contribution in [3.8, 4) is 28.0 Å². The predicted molar refractivity (Wildman–Crippen MR) is 160 cm³/mol. The molecule has 1 amide bonds. The van der Waals surface area contributed by atoms with Gasteiger partial charge < -0.3 is 15.8 Å². The van der Waals surface area contributed by atoms with Crippen LogP contribution < -0.4 is 15.8 Å². The Morgan fingerprint density at radius 2 is 1.80 bits per heavy atom. The molecule has 2 aromatic carbocycles. The summed E-state index contributed by atoms with van der Waals surface area (Å²) in [7, 11) is 0. The van der Waals surface area contributed by atoms with Crippen molar-refractivity contribution in [1.82, 2.24) is 14.9 Å². The molecule has 40 heavy (non-hydrogen) atoms. The maximum Gasteiger partial charge on any atom is 0.274 e. The first-order valence-corrected chi connectivity index (χ1v) is 13.9. The van der Waals surface area contributed by atoms with Gasteiger partial charge in [0.05, 0.1) is 6.10 Å². The van der Waals surface area contributed by atoms with E-state index < -0.39 is 0 Å². The number of amides is 1. The molecule has 7 nitrogen and oxygen atoms in total. The standard InChI is InChI=1S/C33H37N5O2/c1-22(2)40-31-10-8-25(9-11-31)26-12-13-35-32(18-26)33(39)37-30-16-24(20-38-14-4-5-29(34)21-38)15-28(17-30)27-7-6-23(3)36-19-27/h6-13,15-19,22,29H,4-5,14,20-21,34H2,1-3H3,(H,37,39)/t29-/m0/s1. The van der Waals surface area contributed by atoms with Crippen molar-refractivity contribution in [3.05, 3.63) is 96.1 Å². The number of ether oxygens (including phenoxy) is 1. The fourth-order valence-corrected chi connectivity index (χ4v) is 5.08. The van der Waals surface area contributed by atoms with Crippen molar-refractivity contribution in [2.24, 2.45) is 5.73 Å². The molecular weight excluding hydrogens is 498 g/mol. The SMILES string of the molecule is Cc1ccc(-c2cc(CN3CCC[C@H](N)C3)cc(NC(=O)c3cc(-c4ccc(OC(C)C)cc4)ccn3)c2)cn1. The number of pyridine rings is 2. The van der Waals surface area contributed by atoms with Crippen molar-refractivity contribution in [1.29, 1.82) is 0 Å². The Bertz CT molecular complexity index is 1450. The van der Waals surface area contributed by atoms with Crippen molar-refractivity contribution in [2.45, 2.75) is 52.3 Å². The van der Waals surface area contributed by atoms with Crippen LogP contribution in [0.3, 0.4) is 0 Å². The molecule has 0 unspecified atom stereocenters. The number of piperidine rings is 1. The van der Waals surface area contributed by atoms with Gasteiger partial charge in [-0.25, -0.2) is 0 Å². The van der Waals surface area contributed by atoms with Crippen LogP contribution in [0.2, 0.25) is 0 Å². The molecule has 206 valence electrons. The Kier molecular flexibility index (Phi) is 8.53. The molecule has 0 spiro atoms. The highest BCUT2D eigenvalue weighted by Gasteiger charge is 2.18. The van der Waals surface area contributed by atoms with Gasteiger partial charge in [0.25, 0.3) is 5.91 Å². The van der Waals surface area contributed by atoms with E-state index in [1.165, 1.54) is 0 Å². The molecule has 1 aliphatic rings. The fourth-order valence-electron chi connectivity index (χ4n) is 5.08. The van der Waals surface area contributed by atoms with Crippen molar-refractivity contribution in [3.63, 3.8) is 0 Å². The number of carbonyl (C=O) groups excluding carboxylic acids is 1. The van der Waals surface area contributed by atoms with Gasteiger partial charge >= 0.3 is 0 Å². The fraction of sp³-hybridized carbons (Fsp3) is 0.303. The average Bonchev–Trinajstić information content (AvgIpc) is 2.93. The monoisotopic (exact) mass is 535 g/mol. The van der Waals surface area contributed by atoms with E-state index in [1.807, 2.05) is 81.6 Å². The molecule has 7 heteroatoms. The van der Waals surface area contributed by atoms with Gasteiger partial charge in [0.2, 0.25) is 0 Å². The van der Waals surface area contributed by atoms with Crippen LogP contribution in [-0.2, 0) is 6.54 Å². The number of aryl methyl sites for hydroxylation is 1. The van der Waals surface area contributed by atoms with E-state index in [-0.39, 0.29) is 18.1 Å². The van der Waals surface area contributed by atoms with Crippen LogP contribution in [0.5, 0.6) is 5.75 Å². The van der Waals surface area contributed by atoms with Gasteiger partial charge in [-0.2, -0.15) is 0 Å². The van der Waals surface area contributed by atoms with Crippen LogP contribution >= 0.6 is 0 Å². The number of nitrogens with two attached hydrogens (primary N) is 1. The second-order valence-electron chi connectivity index (χ2n) is 10.8. The summed E-state index contributed by atoms with van der Waals surface area (Å²) < 4.78 is 5.75. The van der Waals surface area contributed by atoms with E-state index in [4.69, 9.17) is 10.5 Å². The number of anilines is 1. The van der Waals surface area contributed by atoms with Gasteiger partial charge in [-0.3, -0.25) is 19.7 Å². The summed E-state index contributed by atoms with van der Waals surface area (Å²) >= 11 is 0. The molecule has 1 atom stereocenters. The molecule has 0 aliphatic carbocycles. The number of hydrogen-bond acceptors (Lipinski definition) is 6. The third kappa shape index (κ3) is 7.11. The van der Waals surface area contributed by atoms with Crippen LogP contribution in [-0.4, -0.2) is 46.0 Å². The highest BCUT2D eigenvalue weighted by atomic mass is 16.5. The second kappa shape index (κ2) is 12.4. The third-order valence-electron chi connectivity index (χ3n) is 7.00. The number of carbonyl (C=O) groups is 1. The van der Waals surface area contributed by atoms with E-state index in [1.54, 1.807) is 6.20 Å². The van der Waals surface area contributed by atoms with Crippen LogP contribution in [0.4, 0.5) is 5.69 Å². The highest BCUT2D eigenvalue weighted by molar-refractivity contribution is 6.03. The van der Waals surface area contributed by atoms with Gasteiger partial charge in [0, 0.05) is 48.5 Å². The van der Waals surface area contributed by atoms with Gasteiger partial charge in [-0.05, 0) is 111 Å². The predicted octanol–water partition coefficient (Wildman–Crippen LogP) is 6.08. The van der Waals surface area contributed by atoms with E-state index in [9.17, 15) is 4.79 Å². The third-order valence-corrected chi connectivity index (χ3v) is 7.00. The number of hydrogen-bond donors (Lipinski definition) is 2. The summed E-state index contributed by atoms with van der Waals surface area (Å²) in [6, 6.07) is 22.1. The van der Waals surface area contributed by atoms with E-state index >= 15 is 0 Å². The molecule has 0 radical (unpaired) electrons. The van der Waals surface area contributed by atoms with Gasteiger partial charge in [0.15, 0.2) is 0 Å². The minimum atomic E-state index is -0.258.